The van der Waals surface area contributed by atoms with E-state index in [1.54, 1.807) is 4.90 Å². The van der Waals surface area contributed by atoms with Crippen LogP contribution in [0.4, 0.5) is 4.79 Å². The predicted molar refractivity (Wildman–Crippen MR) is 53.5 cm³/mol. The van der Waals surface area contributed by atoms with Crippen LogP contribution in [0, 0.1) is 5.92 Å². The molecule has 2 saturated heterocycles. The minimum atomic E-state index is -0.767. The van der Waals surface area contributed by atoms with E-state index in [-0.39, 0.29) is 24.0 Å². The number of aliphatic carboxylic acids is 1. The first kappa shape index (κ1) is 10.3. The maximum atomic E-state index is 11.7. The molecule has 2 heterocycles. The largest absolute Gasteiger partial charge is 0.481 e. The summed E-state index contributed by atoms with van der Waals surface area (Å²) in [4.78, 5) is 24.4. The van der Waals surface area contributed by atoms with Crippen LogP contribution in [0.3, 0.4) is 0 Å². The molecule has 84 valence electrons. The molecule has 3 unspecified atom stereocenters. The first-order valence-corrected chi connectivity index (χ1v) is 5.44. The van der Waals surface area contributed by atoms with Crippen LogP contribution < -0.4 is 5.32 Å². The van der Waals surface area contributed by atoms with Gasteiger partial charge in [0, 0.05) is 18.6 Å². The van der Waals surface area contributed by atoms with Gasteiger partial charge in [-0.15, -0.1) is 0 Å². The average Bonchev–Trinajstić information content (AvgIpc) is 2.74. The molecule has 0 aromatic rings. The second kappa shape index (κ2) is 3.72. The standard InChI is InChI=1S/C10H16N2O3/c1-2-11-10(15)12-6-3-4-8(12)7(5-6)9(13)14/h6-8H,2-5H2,1H3,(H,11,15)(H,13,14). The van der Waals surface area contributed by atoms with E-state index in [1.165, 1.54) is 0 Å². The lowest BCUT2D eigenvalue weighted by Gasteiger charge is -2.22. The lowest BCUT2D eigenvalue weighted by molar-refractivity contribution is -0.142. The van der Waals surface area contributed by atoms with Crippen molar-refractivity contribution >= 4 is 12.0 Å². The molecule has 5 heteroatoms. The van der Waals surface area contributed by atoms with Gasteiger partial charge in [-0.2, -0.15) is 0 Å². The molecule has 2 aliphatic rings. The van der Waals surface area contributed by atoms with Gasteiger partial charge in [0.25, 0.3) is 0 Å². The summed E-state index contributed by atoms with van der Waals surface area (Å²) in [6, 6.07) is -0.0459. The molecule has 0 radical (unpaired) electrons. The van der Waals surface area contributed by atoms with Crippen molar-refractivity contribution in [3.8, 4) is 0 Å². The number of carboxylic acid groups (broad SMARTS) is 1. The summed E-state index contributed by atoms with van der Waals surface area (Å²) in [6.07, 6.45) is 2.40. The number of fused-ring (bicyclic) bond motifs is 2. The Bertz CT molecular complexity index is 292. The van der Waals surface area contributed by atoms with Crippen molar-refractivity contribution in [2.24, 2.45) is 5.92 Å². The van der Waals surface area contributed by atoms with Gasteiger partial charge in [0.2, 0.25) is 0 Å². The van der Waals surface area contributed by atoms with Crippen molar-refractivity contribution in [2.45, 2.75) is 38.3 Å². The molecule has 2 rings (SSSR count). The van der Waals surface area contributed by atoms with Crippen molar-refractivity contribution in [1.29, 1.82) is 0 Å². The fourth-order valence-corrected chi connectivity index (χ4v) is 2.81. The number of nitrogens with one attached hydrogen (secondary N) is 1. The highest BCUT2D eigenvalue weighted by Crippen LogP contribution is 2.41. The fourth-order valence-electron chi connectivity index (χ4n) is 2.81. The molecule has 0 aromatic heterocycles. The summed E-state index contributed by atoms with van der Waals surface area (Å²) in [5.74, 6) is -1.12. The molecule has 15 heavy (non-hydrogen) atoms. The van der Waals surface area contributed by atoms with Crippen molar-refractivity contribution < 1.29 is 14.7 Å². The highest BCUT2D eigenvalue weighted by molar-refractivity contribution is 5.79. The monoisotopic (exact) mass is 212 g/mol. The normalized spacial score (nSPS) is 33.1. The molecule has 0 spiro atoms. The molecule has 2 aliphatic heterocycles. The van der Waals surface area contributed by atoms with Crippen LogP contribution in [0.25, 0.3) is 0 Å². The third-order valence-electron chi connectivity index (χ3n) is 3.42. The molecule has 3 atom stereocenters. The number of carboxylic acids is 1. The Morgan fingerprint density at radius 3 is 2.73 bits per heavy atom. The van der Waals surface area contributed by atoms with E-state index in [0.29, 0.717) is 13.0 Å². The quantitative estimate of drug-likeness (QED) is 0.706. The lowest BCUT2D eigenvalue weighted by atomic mass is 9.89. The molecular weight excluding hydrogens is 196 g/mol. The SMILES string of the molecule is CCNC(=O)N1C2CCC1C(C(=O)O)C2. The van der Waals surface area contributed by atoms with E-state index in [0.717, 1.165) is 12.8 Å². The van der Waals surface area contributed by atoms with E-state index in [2.05, 4.69) is 5.32 Å². The number of rotatable bonds is 2. The van der Waals surface area contributed by atoms with Crippen LogP contribution in [0.1, 0.15) is 26.2 Å². The Morgan fingerprint density at radius 2 is 2.20 bits per heavy atom. The van der Waals surface area contributed by atoms with E-state index in [4.69, 9.17) is 5.11 Å². The maximum Gasteiger partial charge on any atom is 0.317 e. The zero-order valence-corrected chi connectivity index (χ0v) is 8.77. The number of carbonyl (C=O) groups excluding carboxylic acids is 1. The number of carbonyl (C=O) groups is 2. The molecule has 5 nitrogen and oxygen atoms in total. The summed E-state index contributed by atoms with van der Waals surface area (Å²) in [5, 5.41) is 11.7. The first-order chi connectivity index (χ1) is 7.15. The summed E-state index contributed by atoms with van der Waals surface area (Å²) < 4.78 is 0. The van der Waals surface area contributed by atoms with Gasteiger partial charge in [-0.25, -0.2) is 4.79 Å². The van der Waals surface area contributed by atoms with Crippen LogP contribution in [-0.2, 0) is 4.79 Å². The fraction of sp³-hybridized carbons (Fsp3) is 0.800. The van der Waals surface area contributed by atoms with Crippen LogP contribution in [0.15, 0.2) is 0 Å². The molecule has 2 amide bonds. The second-order valence-corrected chi connectivity index (χ2v) is 4.22. The zero-order valence-electron chi connectivity index (χ0n) is 8.77. The van der Waals surface area contributed by atoms with Gasteiger partial charge in [-0.1, -0.05) is 0 Å². The second-order valence-electron chi connectivity index (χ2n) is 4.22. The van der Waals surface area contributed by atoms with E-state index in [1.807, 2.05) is 6.92 Å². The smallest absolute Gasteiger partial charge is 0.317 e. The van der Waals surface area contributed by atoms with Crippen molar-refractivity contribution in [3.63, 3.8) is 0 Å². The van der Waals surface area contributed by atoms with Gasteiger partial charge in [0.1, 0.15) is 0 Å². The van der Waals surface area contributed by atoms with Gasteiger partial charge in [-0.3, -0.25) is 4.79 Å². The van der Waals surface area contributed by atoms with Crippen LogP contribution in [0.5, 0.6) is 0 Å². The Labute approximate surface area is 88.4 Å². The third kappa shape index (κ3) is 1.56. The minimum absolute atomic E-state index is 0.0842. The van der Waals surface area contributed by atoms with E-state index < -0.39 is 5.97 Å². The predicted octanol–water partition coefficient (Wildman–Crippen LogP) is 0.653. The topological polar surface area (TPSA) is 69.6 Å². The summed E-state index contributed by atoms with van der Waals surface area (Å²) in [7, 11) is 0. The maximum absolute atomic E-state index is 11.7. The molecule has 2 bridgehead atoms. The summed E-state index contributed by atoms with van der Waals surface area (Å²) >= 11 is 0. The Balaban J connectivity index is 2.09. The van der Waals surface area contributed by atoms with Gasteiger partial charge < -0.3 is 15.3 Å². The van der Waals surface area contributed by atoms with E-state index >= 15 is 0 Å². The number of urea groups is 1. The Kier molecular flexibility index (Phi) is 2.54. The van der Waals surface area contributed by atoms with Gasteiger partial charge in [0.05, 0.1) is 5.92 Å². The lowest BCUT2D eigenvalue weighted by Crippen LogP contribution is -2.44. The van der Waals surface area contributed by atoms with Crippen molar-refractivity contribution in [2.75, 3.05) is 6.54 Å². The molecule has 2 N–H and O–H groups in total. The average molecular weight is 212 g/mol. The van der Waals surface area contributed by atoms with E-state index in [9.17, 15) is 9.59 Å². The number of nitrogens with zero attached hydrogens (tertiary/aromatic N) is 1. The Hall–Kier alpha value is -1.26. The van der Waals surface area contributed by atoms with Gasteiger partial charge >= 0.3 is 12.0 Å². The van der Waals surface area contributed by atoms with Crippen LogP contribution in [-0.4, -0.2) is 40.6 Å². The van der Waals surface area contributed by atoms with Crippen molar-refractivity contribution in [3.05, 3.63) is 0 Å². The minimum Gasteiger partial charge on any atom is -0.481 e. The molecule has 0 aliphatic carbocycles. The number of hydrogen-bond donors (Lipinski definition) is 2. The van der Waals surface area contributed by atoms with Crippen LogP contribution in [0.2, 0.25) is 0 Å². The number of amides is 2. The first-order valence-electron chi connectivity index (χ1n) is 5.44. The molecular formula is C10H16N2O3. The van der Waals surface area contributed by atoms with Gasteiger partial charge in [0.15, 0.2) is 0 Å². The highest BCUT2D eigenvalue weighted by Gasteiger charge is 2.51. The zero-order chi connectivity index (χ0) is 11.0. The van der Waals surface area contributed by atoms with Crippen molar-refractivity contribution in [1.82, 2.24) is 10.2 Å². The molecule has 0 saturated carbocycles. The molecule has 0 aromatic carbocycles. The van der Waals surface area contributed by atoms with Gasteiger partial charge in [-0.05, 0) is 26.2 Å². The Morgan fingerprint density at radius 1 is 1.47 bits per heavy atom. The third-order valence-corrected chi connectivity index (χ3v) is 3.42. The van der Waals surface area contributed by atoms with Crippen LogP contribution >= 0.6 is 0 Å². The summed E-state index contributed by atoms with van der Waals surface area (Å²) in [6.45, 7) is 2.46. The number of hydrogen-bond acceptors (Lipinski definition) is 2. The highest BCUT2D eigenvalue weighted by atomic mass is 16.4. The summed E-state index contributed by atoms with van der Waals surface area (Å²) in [5.41, 5.74) is 0. The molecule has 2 fully saturated rings.